The second-order valence-electron chi connectivity index (χ2n) is 4.82. The molecule has 5 nitrogen and oxygen atoms in total. The largest absolute Gasteiger partial charge is 0.478 e. The van der Waals surface area contributed by atoms with Crippen molar-refractivity contribution in [2.75, 3.05) is 6.54 Å². The molecular formula is C14H18N2O3. The minimum Gasteiger partial charge on any atom is -0.478 e. The Bertz CT molecular complexity index is 487. The topological polar surface area (TPSA) is 70.5 Å². The second kappa shape index (κ2) is 5.82. The summed E-state index contributed by atoms with van der Waals surface area (Å²) in [7, 11) is 0. The molecule has 0 saturated carbocycles. The zero-order valence-electron chi connectivity index (χ0n) is 11.0. The first-order valence-corrected chi connectivity index (χ1v) is 6.63. The summed E-state index contributed by atoms with van der Waals surface area (Å²) in [5.74, 6) is -1.19. The summed E-state index contributed by atoms with van der Waals surface area (Å²) in [6, 6.07) is 3.02. The van der Waals surface area contributed by atoms with Crippen LogP contribution in [0.25, 0.3) is 0 Å². The second-order valence-corrected chi connectivity index (χ2v) is 4.82. The lowest BCUT2D eigenvalue weighted by Gasteiger charge is -2.24. The van der Waals surface area contributed by atoms with Gasteiger partial charge in [0.25, 0.3) is 5.91 Å². The lowest BCUT2D eigenvalue weighted by atomic mass is 10.1. The average Bonchev–Trinajstić information content (AvgIpc) is 2.86. The van der Waals surface area contributed by atoms with Crippen molar-refractivity contribution in [3.63, 3.8) is 0 Å². The summed E-state index contributed by atoms with van der Waals surface area (Å²) in [4.78, 5) is 29.1. The third-order valence-electron chi connectivity index (χ3n) is 3.49. The Morgan fingerprint density at radius 1 is 1.53 bits per heavy atom. The van der Waals surface area contributed by atoms with Gasteiger partial charge in [-0.25, -0.2) is 4.79 Å². The first-order chi connectivity index (χ1) is 9.13. The van der Waals surface area contributed by atoms with Crippen LogP contribution in [0.1, 0.15) is 53.5 Å². The van der Waals surface area contributed by atoms with Crippen molar-refractivity contribution in [2.24, 2.45) is 0 Å². The molecular weight excluding hydrogens is 244 g/mol. The van der Waals surface area contributed by atoms with Crippen molar-refractivity contribution < 1.29 is 14.7 Å². The number of aromatic nitrogens is 1. The van der Waals surface area contributed by atoms with Gasteiger partial charge in [-0.3, -0.25) is 9.78 Å². The molecule has 0 aliphatic carbocycles. The Hall–Kier alpha value is -1.91. The SMILES string of the molecule is CCCC1CCCN1C(=O)c1cc(C(=O)O)ccn1. The van der Waals surface area contributed by atoms with Crippen LogP contribution < -0.4 is 0 Å². The van der Waals surface area contributed by atoms with E-state index < -0.39 is 5.97 Å². The van der Waals surface area contributed by atoms with E-state index in [1.807, 2.05) is 4.90 Å². The molecule has 1 fully saturated rings. The van der Waals surface area contributed by atoms with Crippen LogP contribution >= 0.6 is 0 Å². The van der Waals surface area contributed by atoms with Crippen LogP contribution in [0.15, 0.2) is 18.3 Å². The molecule has 19 heavy (non-hydrogen) atoms. The van der Waals surface area contributed by atoms with Crippen LogP contribution in [-0.4, -0.2) is 39.5 Å². The number of rotatable bonds is 4. The number of hydrogen-bond donors (Lipinski definition) is 1. The van der Waals surface area contributed by atoms with Crippen LogP contribution in [0, 0.1) is 0 Å². The third kappa shape index (κ3) is 2.92. The van der Waals surface area contributed by atoms with E-state index in [0.717, 1.165) is 32.2 Å². The molecule has 1 aliphatic rings. The molecule has 1 aliphatic heterocycles. The molecule has 0 bridgehead atoms. The van der Waals surface area contributed by atoms with Crippen LogP contribution in [0.4, 0.5) is 0 Å². The molecule has 1 atom stereocenters. The predicted octanol–water partition coefficient (Wildman–Crippen LogP) is 2.18. The molecule has 2 rings (SSSR count). The molecule has 1 amide bonds. The predicted molar refractivity (Wildman–Crippen MR) is 70.2 cm³/mol. The van der Waals surface area contributed by atoms with Crippen molar-refractivity contribution in [2.45, 2.75) is 38.6 Å². The van der Waals surface area contributed by atoms with Crippen LogP contribution in [0.3, 0.4) is 0 Å². The molecule has 1 N–H and O–H groups in total. The van der Waals surface area contributed by atoms with Crippen LogP contribution in [0.5, 0.6) is 0 Å². The third-order valence-corrected chi connectivity index (χ3v) is 3.49. The number of hydrogen-bond acceptors (Lipinski definition) is 3. The van der Waals surface area contributed by atoms with Gasteiger partial charge in [-0.15, -0.1) is 0 Å². The van der Waals surface area contributed by atoms with Crippen LogP contribution in [-0.2, 0) is 0 Å². The smallest absolute Gasteiger partial charge is 0.335 e. The molecule has 0 spiro atoms. The Balaban J connectivity index is 2.19. The lowest BCUT2D eigenvalue weighted by molar-refractivity contribution is 0.0696. The van der Waals surface area contributed by atoms with E-state index in [4.69, 9.17) is 5.11 Å². The summed E-state index contributed by atoms with van der Waals surface area (Å²) < 4.78 is 0. The Labute approximate surface area is 112 Å². The first kappa shape index (κ1) is 13.5. The van der Waals surface area contributed by atoms with Gasteiger partial charge in [0.1, 0.15) is 5.69 Å². The number of nitrogens with zero attached hydrogens (tertiary/aromatic N) is 2. The van der Waals surface area contributed by atoms with Gasteiger partial charge in [-0.1, -0.05) is 13.3 Å². The summed E-state index contributed by atoms with van der Waals surface area (Å²) >= 11 is 0. The quantitative estimate of drug-likeness (QED) is 0.902. The zero-order valence-corrected chi connectivity index (χ0v) is 11.0. The summed E-state index contributed by atoms with van der Waals surface area (Å²) in [5.41, 5.74) is 0.326. The van der Waals surface area contributed by atoms with Crippen molar-refractivity contribution in [1.29, 1.82) is 0 Å². The molecule has 1 saturated heterocycles. The molecule has 2 heterocycles. The highest BCUT2D eigenvalue weighted by Gasteiger charge is 2.29. The zero-order chi connectivity index (χ0) is 13.8. The number of aromatic carboxylic acids is 1. The standard InChI is InChI=1S/C14H18N2O3/c1-2-4-11-5-3-8-16(11)13(17)12-9-10(14(18)19)6-7-15-12/h6-7,9,11H,2-5,8H2,1H3,(H,18,19). The molecule has 1 aromatic heterocycles. The molecule has 1 aromatic rings. The number of pyridine rings is 1. The Morgan fingerprint density at radius 2 is 2.32 bits per heavy atom. The van der Waals surface area contributed by atoms with Crippen LogP contribution in [0.2, 0.25) is 0 Å². The number of carbonyl (C=O) groups is 2. The van der Waals surface area contributed by atoms with E-state index in [9.17, 15) is 9.59 Å². The van der Waals surface area contributed by atoms with E-state index in [1.165, 1.54) is 18.3 Å². The highest BCUT2D eigenvalue weighted by Crippen LogP contribution is 2.23. The van der Waals surface area contributed by atoms with E-state index in [0.29, 0.717) is 0 Å². The van der Waals surface area contributed by atoms with Gasteiger partial charge in [0.2, 0.25) is 0 Å². The molecule has 0 radical (unpaired) electrons. The Kier molecular flexibility index (Phi) is 4.14. The number of carboxylic acids is 1. The molecule has 0 aromatic carbocycles. The summed E-state index contributed by atoms with van der Waals surface area (Å²) in [6.07, 6.45) is 5.44. The normalized spacial score (nSPS) is 18.6. The fourth-order valence-electron chi connectivity index (χ4n) is 2.56. The molecule has 102 valence electrons. The van der Waals surface area contributed by atoms with Gasteiger partial charge in [-0.2, -0.15) is 0 Å². The number of carboxylic acid groups (broad SMARTS) is 1. The van der Waals surface area contributed by atoms with E-state index in [-0.39, 0.29) is 23.2 Å². The van der Waals surface area contributed by atoms with Gasteiger partial charge in [-0.05, 0) is 31.4 Å². The highest BCUT2D eigenvalue weighted by atomic mass is 16.4. The Morgan fingerprint density at radius 3 is 3.00 bits per heavy atom. The molecule has 5 heteroatoms. The average molecular weight is 262 g/mol. The fourth-order valence-corrected chi connectivity index (χ4v) is 2.56. The maximum absolute atomic E-state index is 12.4. The monoisotopic (exact) mass is 262 g/mol. The van der Waals surface area contributed by atoms with Crippen molar-refractivity contribution in [1.82, 2.24) is 9.88 Å². The van der Waals surface area contributed by atoms with Gasteiger partial charge in [0.05, 0.1) is 5.56 Å². The van der Waals surface area contributed by atoms with E-state index in [2.05, 4.69) is 11.9 Å². The summed E-state index contributed by atoms with van der Waals surface area (Å²) in [6.45, 7) is 2.84. The first-order valence-electron chi connectivity index (χ1n) is 6.63. The minimum atomic E-state index is -1.04. The van der Waals surface area contributed by atoms with E-state index in [1.54, 1.807) is 0 Å². The van der Waals surface area contributed by atoms with Crippen molar-refractivity contribution in [3.8, 4) is 0 Å². The van der Waals surface area contributed by atoms with Crippen molar-refractivity contribution in [3.05, 3.63) is 29.6 Å². The number of carbonyl (C=O) groups excluding carboxylic acids is 1. The number of likely N-dealkylation sites (tertiary alicyclic amines) is 1. The fraction of sp³-hybridized carbons (Fsp3) is 0.500. The van der Waals surface area contributed by atoms with Gasteiger partial charge >= 0.3 is 5.97 Å². The highest BCUT2D eigenvalue weighted by molar-refractivity contribution is 5.96. The van der Waals surface area contributed by atoms with Crippen molar-refractivity contribution >= 4 is 11.9 Å². The maximum Gasteiger partial charge on any atom is 0.335 e. The summed E-state index contributed by atoms with van der Waals surface area (Å²) in [5, 5.41) is 8.94. The van der Waals surface area contributed by atoms with Gasteiger partial charge < -0.3 is 10.0 Å². The van der Waals surface area contributed by atoms with E-state index >= 15 is 0 Å². The number of amides is 1. The van der Waals surface area contributed by atoms with Gasteiger partial charge in [0.15, 0.2) is 0 Å². The van der Waals surface area contributed by atoms with Gasteiger partial charge in [0, 0.05) is 18.8 Å². The molecule has 1 unspecified atom stereocenters. The minimum absolute atomic E-state index is 0.101. The lowest BCUT2D eigenvalue weighted by Crippen LogP contribution is -2.36. The maximum atomic E-state index is 12.4.